The Morgan fingerprint density at radius 1 is 1.27 bits per heavy atom. The van der Waals surface area contributed by atoms with Gasteiger partial charge >= 0.3 is 0 Å². The second-order valence-corrected chi connectivity index (χ2v) is 6.66. The number of nitrogens with one attached hydrogen (secondary N) is 2. The molecule has 0 bridgehead atoms. The standard InChI is InChI=1S/C19H23ClN4O2/c1-14-2-3-16(20)13-17(14)23-18-12-15(4-5-21-18)19(25)22-6-7-24-8-10-26-11-9-24/h2-5,12-13H,6-11H2,1H3,(H,21,23)(H,22,25). The Morgan fingerprint density at radius 2 is 2.08 bits per heavy atom. The minimum atomic E-state index is -0.105. The number of aromatic nitrogens is 1. The summed E-state index contributed by atoms with van der Waals surface area (Å²) in [6.45, 7) is 6.77. The number of carbonyl (C=O) groups excluding carboxylic acids is 1. The number of rotatable bonds is 6. The van der Waals surface area contributed by atoms with Crippen LogP contribution in [0.2, 0.25) is 5.02 Å². The highest BCUT2D eigenvalue weighted by Gasteiger charge is 2.11. The molecule has 0 saturated carbocycles. The lowest BCUT2D eigenvalue weighted by atomic mass is 10.2. The molecule has 1 saturated heterocycles. The van der Waals surface area contributed by atoms with Gasteiger partial charge in [-0.1, -0.05) is 17.7 Å². The molecule has 0 aliphatic carbocycles. The van der Waals surface area contributed by atoms with Crippen LogP contribution in [0.15, 0.2) is 36.5 Å². The fourth-order valence-corrected chi connectivity index (χ4v) is 2.93. The minimum absolute atomic E-state index is 0.105. The summed E-state index contributed by atoms with van der Waals surface area (Å²) in [6, 6.07) is 9.07. The highest BCUT2D eigenvalue weighted by molar-refractivity contribution is 6.30. The first-order valence-corrected chi connectivity index (χ1v) is 9.07. The predicted octanol–water partition coefficient (Wildman–Crippen LogP) is 2.85. The van der Waals surface area contributed by atoms with E-state index >= 15 is 0 Å². The van der Waals surface area contributed by atoms with Crippen molar-refractivity contribution in [3.05, 3.63) is 52.7 Å². The molecule has 0 atom stereocenters. The van der Waals surface area contributed by atoms with Crippen LogP contribution in [0.1, 0.15) is 15.9 Å². The predicted molar refractivity (Wildman–Crippen MR) is 103 cm³/mol. The first-order chi connectivity index (χ1) is 12.6. The first kappa shape index (κ1) is 18.6. The molecular formula is C19H23ClN4O2. The number of aryl methyl sites for hydroxylation is 1. The van der Waals surface area contributed by atoms with Crippen molar-refractivity contribution in [1.29, 1.82) is 0 Å². The van der Waals surface area contributed by atoms with Crippen LogP contribution in [0, 0.1) is 6.92 Å². The maximum atomic E-state index is 12.4. The molecule has 0 spiro atoms. The van der Waals surface area contributed by atoms with Crippen molar-refractivity contribution < 1.29 is 9.53 Å². The van der Waals surface area contributed by atoms with Crippen LogP contribution >= 0.6 is 11.6 Å². The van der Waals surface area contributed by atoms with Gasteiger partial charge in [0.15, 0.2) is 0 Å². The van der Waals surface area contributed by atoms with Crippen LogP contribution in [-0.2, 0) is 4.74 Å². The van der Waals surface area contributed by atoms with Crippen LogP contribution in [0.4, 0.5) is 11.5 Å². The minimum Gasteiger partial charge on any atom is -0.379 e. The van der Waals surface area contributed by atoms with Gasteiger partial charge in [0.25, 0.3) is 5.91 Å². The topological polar surface area (TPSA) is 66.5 Å². The molecule has 26 heavy (non-hydrogen) atoms. The summed E-state index contributed by atoms with van der Waals surface area (Å²) in [5.41, 5.74) is 2.50. The van der Waals surface area contributed by atoms with Gasteiger partial charge in [-0.3, -0.25) is 9.69 Å². The van der Waals surface area contributed by atoms with Crippen LogP contribution in [-0.4, -0.2) is 55.2 Å². The number of carbonyl (C=O) groups is 1. The van der Waals surface area contributed by atoms with Crippen molar-refractivity contribution in [3.8, 4) is 0 Å². The molecule has 0 unspecified atom stereocenters. The van der Waals surface area contributed by atoms with Crippen molar-refractivity contribution in [2.24, 2.45) is 0 Å². The molecule has 0 radical (unpaired) electrons. The van der Waals surface area contributed by atoms with E-state index < -0.39 is 0 Å². The van der Waals surface area contributed by atoms with Gasteiger partial charge in [-0.25, -0.2) is 4.98 Å². The molecule has 2 aromatic rings. The van der Waals surface area contributed by atoms with Gasteiger partial charge < -0.3 is 15.4 Å². The number of benzene rings is 1. The first-order valence-electron chi connectivity index (χ1n) is 8.69. The largest absolute Gasteiger partial charge is 0.379 e. The summed E-state index contributed by atoms with van der Waals surface area (Å²) < 4.78 is 5.32. The SMILES string of the molecule is Cc1ccc(Cl)cc1Nc1cc(C(=O)NCCN2CCOCC2)ccn1. The molecule has 2 heterocycles. The van der Waals surface area contributed by atoms with Crippen molar-refractivity contribution in [3.63, 3.8) is 0 Å². The normalized spacial score (nSPS) is 14.8. The Bertz CT molecular complexity index is 763. The number of nitrogens with zero attached hydrogens (tertiary/aromatic N) is 2. The Labute approximate surface area is 158 Å². The molecule has 7 heteroatoms. The molecule has 1 aliphatic rings. The van der Waals surface area contributed by atoms with E-state index in [2.05, 4.69) is 20.5 Å². The quantitative estimate of drug-likeness (QED) is 0.813. The van der Waals surface area contributed by atoms with Gasteiger partial charge in [-0.2, -0.15) is 0 Å². The van der Waals surface area contributed by atoms with Crippen LogP contribution in [0.3, 0.4) is 0 Å². The molecule has 1 fully saturated rings. The zero-order chi connectivity index (χ0) is 18.4. The third-order valence-electron chi connectivity index (χ3n) is 4.30. The van der Waals surface area contributed by atoms with E-state index in [0.717, 1.165) is 44.1 Å². The number of pyridine rings is 1. The summed E-state index contributed by atoms with van der Waals surface area (Å²) in [5, 5.41) is 6.83. The number of halogens is 1. The fourth-order valence-electron chi connectivity index (χ4n) is 2.76. The Hall–Kier alpha value is -2.15. The smallest absolute Gasteiger partial charge is 0.251 e. The lowest BCUT2D eigenvalue weighted by Gasteiger charge is -2.26. The fraction of sp³-hybridized carbons (Fsp3) is 0.368. The highest BCUT2D eigenvalue weighted by atomic mass is 35.5. The van der Waals surface area contributed by atoms with E-state index in [1.807, 2.05) is 25.1 Å². The highest BCUT2D eigenvalue weighted by Crippen LogP contribution is 2.23. The second kappa shape index (κ2) is 8.98. The van der Waals surface area contributed by atoms with Gasteiger partial charge in [0.05, 0.1) is 13.2 Å². The molecule has 1 aromatic heterocycles. The molecule has 1 amide bonds. The average Bonchev–Trinajstić information content (AvgIpc) is 2.66. The maximum Gasteiger partial charge on any atom is 0.251 e. The Kier molecular flexibility index (Phi) is 6.44. The van der Waals surface area contributed by atoms with Gasteiger partial charge in [-0.05, 0) is 36.8 Å². The van der Waals surface area contributed by atoms with E-state index in [1.54, 1.807) is 18.3 Å². The summed E-state index contributed by atoms with van der Waals surface area (Å²) in [5.74, 6) is 0.503. The number of hydrogen-bond acceptors (Lipinski definition) is 5. The number of hydrogen-bond donors (Lipinski definition) is 2. The van der Waals surface area contributed by atoms with Gasteiger partial charge in [0.1, 0.15) is 5.82 Å². The average molecular weight is 375 g/mol. The number of amides is 1. The summed E-state index contributed by atoms with van der Waals surface area (Å²) in [7, 11) is 0. The van der Waals surface area contributed by atoms with E-state index in [9.17, 15) is 4.79 Å². The lowest BCUT2D eigenvalue weighted by Crippen LogP contribution is -2.41. The third-order valence-corrected chi connectivity index (χ3v) is 4.54. The van der Waals surface area contributed by atoms with Crippen LogP contribution < -0.4 is 10.6 Å². The van der Waals surface area contributed by atoms with E-state index in [4.69, 9.17) is 16.3 Å². The van der Waals surface area contributed by atoms with Crippen molar-refractivity contribution >= 4 is 29.0 Å². The molecule has 1 aliphatic heterocycles. The molecule has 2 N–H and O–H groups in total. The zero-order valence-corrected chi connectivity index (χ0v) is 15.6. The molecule has 138 valence electrons. The molecular weight excluding hydrogens is 352 g/mol. The van der Waals surface area contributed by atoms with E-state index in [-0.39, 0.29) is 5.91 Å². The van der Waals surface area contributed by atoms with Crippen molar-refractivity contribution in [2.45, 2.75) is 6.92 Å². The van der Waals surface area contributed by atoms with Crippen molar-refractivity contribution in [2.75, 3.05) is 44.7 Å². The Morgan fingerprint density at radius 3 is 2.88 bits per heavy atom. The zero-order valence-electron chi connectivity index (χ0n) is 14.8. The molecule has 6 nitrogen and oxygen atoms in total. The molecule has 1 aromatic carbocycles. The number of anilines is 2. The number of ether oxygens (including phenoxy) is 1. The third kappa shape index (κ3) is 5.17. The summed E-state index contributed by atoms with van der Waals surface area (Å²) in [4.78, 5) is 18.9. The summed E-state index contributed by atoms with van der Waals surface area (Å²) >= 11 is 6.05. The van der Waals surface area contributed by atoms with Gasteiger partial charge in [-0.15, -0.1) is 0 Å². The molecule has 3 rings (SSSR count). The lowest BCUT2D eigenvalue weighted by molar-refractivity contribution is 0.0383. The van der Waals surface area contributed by atoms with E-state index in [1.165, 1.54) is 0 Å². The van der Waals surface area contributed by atoms with Gasteiger partial charge in [0, 0.05) is 48.6 Å². The van der Waals surface area contributed by atoms with Crippen molar-refractivity contribution in [1.82, 2.24) is 15.2 Å². The maximum absolute atomic E-state index is 12.4. The van der Waals surface area contributed by atoms with Crippen LogP contribution in [0.5, 0.6) is 0 Å². The number of morpholine rings is 1. The second-order valence-electron chi connectivity index (χ2n) is 6.22. The van der Waals surface area contributed by atoms with Crippen LogP contribution in [0.25, 0.3) is 0 Å². The Balaban J connectivity index is 1.57. The van der Waals surface area contributed by atoms with Gasteiger partial charge in [0.2, 0.25) is 0 Å². The van der Waals surface area contributed by atoms with E-state index in [0.29, 0.717) is 22.9 Å². The monoisotopic (exact) mass is 374 g/mol. The summed E-state index contributed by atoms with van der Waals surface area (Å²) in [6.07, 6.45) is 1.62.